The van der Waals surface area contributed by atoms with Crippen LogP contribution in [0.25, 0.3) is 0 Å². The second kappa shape index (κ2) is 4.91. The lowest BCUT2D eigenvalue weighted by molar-refractivity contribution is 0.867. The summed E-state index contributed by atoms with van der Waals surface area (Å²) >= 11 is 0. The van der Waals surface area contributed by atoms with Gasteiger partial charge < -0.3 is 11.1 Å². The molecule has 17 heavy (non-hydrogen) atoms. The first-order chi connectivity index (χ1) is 8.15. The third-order valence-corrected chi connectivity index (χ3v) is 2.73. The zero-order chi connectivity index (χ0) is 12.3. The molecule has 3 N–H and O–H groups in total. The molecule has 0 unspecified atom stereocenters. The van der Waals surface area contributed by atoms with Gasteiger partial charge in [-0.3, -0.25) is 0 Å². The summed E-state index contributed by atoms with van der Waals surface area (Å²) in [5.74, 6) is 0.539. The maximum Gasteiger partial charge on any atom is 0.0404 e. The van der Waals surface area contributed by atoms with Gasteiger partial charge in [-0.05, 0) is 41.8 Å². The molecule has 2 aromatic carbocycles. The van der Waals surface area contributed by atoms with Crippen molar-refractivity contribution in [2.75, 3.05) is 11.1 Å². The minimum absolute atomic E-state index is 0.539. The van der Waals surface area contributed by atoms with Gasteiger partial charge in [-0.25, -0.2) is 0 Å². The predicted octanol–water partition coefficient (Wildman–Crippen LogP) is 4.14. The second-order valence-electron chi connectivity index (χ2n) is 4.53. The Morgan fingerprint density at radius 1 is 0.941 bits per heavy atom. The Morgan fingerprint density at radius 3 is 2.24 bits per heavy atom. The maximum absolute atomic E-state index is 5.75. The number of hydrogen-bond acceptors (Lipinski definition) is 2. The molecule has 0 heterocycles. The van der Waals surface area contributed by atoms with E-state index in [2.05, 4.69) is 43.4 Å². The fourth-order valence-corrected chi connectivity index (χ4v) is 1.76. The van der Waals surface area contributed by atoms with Gasteiger partial charge in [0.05, 0.1) is 0 Å². The maximum atomic E-state index is 5.75. The molecular formula is C15H18N2. The van der Waals surface area contributed by atoms with Crippen molar-refractivity contribution < 1.29 is 0 Å². The highest BCUT2D eigenvalue weighted by molar-refractivity contribution is 5.64. The zero-order valence-corrected chi connectivity index (χ0v) is 10.3. The van der Waals surface area contributed by atoms with E-state index in [4.69, 9.17) is 5.73 Å². The third kappa shape index (κ3) is 3.00. The molecule has 0 saturated carbocycles. The van der Waals surface area contributed by atoms with Crippen molar-refractivity contribution in [1.29, 1.82) is 0 Å². The molecule has 2 heteroatoms. The molecule has 0 aromatic heterocycles. The van der Waals surface area contributed by atoms with E-state index in [1.807, 2.05) is 24.3 Å². The van der Waals surface area contributed by atoms with E-state index in [9.17, 15) is 0 Å². The Kier molecular flexibility index (Phi) is 3.33. The van der Waals surface area contributed by atoms with Gasteiger partial charge in [-0.15, -0.1) is 0 Å². The van der Waals surface area contributed by atoms with Gasteiger partial charge in [-0.1, -0.05) is 32.0 Å². The van der Waals surface area contributed by atoms with Crippen LogP contribution < -0.4 is 11.1 Å². The molecule has 0 bridgehead atoms. The van der Waals surface area contributed by atoms with Crippen molar-refractivity contribution in [2.45, 2.75) is 19.8 Å². The summed E-state index contributed by atoms with van der Waals surface area (Å²) in [5.41, 5.74) is 9.97. The summed E-state index contributed by atoms with van der Waals surface area (Å²) in [6.07, 6.45) is 0. The number of rotatable bonds is 3. The van der Waals surface area contributed by atoms with Crippen molar-refractivity contribution in [2.24, 2.45) is 0 Å². The summed E-state index contributed by atoms with van der Waals surface area (Å²) < 4.78 is 0. The van der Waals surface area contributed by atoms with Crippen LogP contribution in [-0.2, 0) is 0 Å². The van der Waals surface area contributed by atoms with E-state index < -0.39 is 0 Å². The first-order valence-corrected chi connectivity index (χ1v) is 5.87. The molecule has 2 rings (SSSR count). The highest BCUT2D eigenvalue weighted by Crippen LogP contribution is 2.22. The van der Waals surface area contributed by atoms with Crippen LogP contribution in [0.3, 0.4) is 0 Å². The van der Waals surface area contributed by atoms with Gasteiger partial charge in [0.15, 0.2) is 0 Å². The molecular weight excluding hydrogens is 208 g/mol. The van der Waals surface area contributed by atoms with Crippen molar-refractivity contribution in [3.05, 3.63) is 54.1 Å². The quantitative estimate of drug-likeness (QED) is 0.772. The van der Waals surface area contributed by atoms with E-state index in [0.717, 1.165) is 17.1 Å². The van der Waals surface area contributed by atoms with E-state index >= 15 is 0 Å². The van der Waals surface area contributed by atoms with E-state index in [-0.39, 0.29) is 0 Å². The normalized spacial score (nSPS) is 10.5. The Balaban J connectivity index is 2.21. The molecule has 0 aliphatic carbocycles. The highest BCUT2D eigenvalue weighted by atomic mass is 14.9. The largest absolute Gasteiger partial charge is 0.399 e. The first kappa shape index (κ1) is 11.5. The number of benzene rings is 2. The molecule has 0 fully saturated rings. The molecule has 0 atom stereocenters. The topological polar surface area (TPSA) is 38.0 Å². The summed E-state index contributed by atoms with van der Waals surface area (Å²) in [6, 6.07) is 16.2. The van der Waals surface area contributed by atoms with Crippen molar-refractivity contribution in [3.63, 3.8) is 0 Å². The number of hydrogen-bond donors (Lipinski definition) is 2. The van der Waals surface area contributed by atoms with Crippen LogP contribution in [0.5, 0.6) is 0 Å². The van der Waals surface area contributed by atoms with Gasteiger partial charge in [0.25, 0.3) is 0 Å². The average molecular weight is 226 g/mol. The van der Waals surface area contributed by atoms with Gasteiger partial charge in [0, 0.05) is 17.1 Å². The Hall–Kier alpha value is -1.96. The van der Waals surface area contributed by atoms with Gasteiger partial charge in [-0.2, -0.15) is 0 Å². The van der Waals surface area contributed by atoms with Crippen LogP contribution in [-0.4, -0.2) is 0 Å². The minimum Gasteiger partial charge on any atom is -0.399 e. The van der Waals surface area contributed by atoms with Crippen LogP contribution >= 0.6 is 0 Å². The minimum atomic E-state index is 0.539. The summed E-state index contributed by atoms with van der Waals surface area (Å²) in [7, 11) is 0. The van der Waals surface area contributed by atoms with E-state index in [0.29, 0.717) is 5.92 Å². The Morgan fingerprint density at radius 2 is 1.59 bits per heavy atom. The number of nitrogens with one attached hydrogen (secondary N) is 1. The van der Waals surface area contributed by atoms with Crippen LogP contribution in [0.15, 0.2) is 48.5 Å². The smallest absolute Gasteiger partial charge is 0.0404 e. The van der Waals surface area contributed by atoms with E-state index in [1.54, 1.807) is 0 Å². The molecule has 0 radical (unpaired) electrons. The van der Waals surface area contributed by atoms with Gasteiger partial charge >= 0.3 is 0 Å². The molecule has 0 aliphatic rings. The molecule has 0 amide bonds. The number of nitrogen functional groups attached to an aromatic ring is 1. The SMILES string of the molecule is CC(C)c1cccc(Nc2cccc(N)c2)c1. The lowest BCUT2D eigenvalue weighted by atomic mass is 10.0. The fraction of sp³-hybridized carbons (Fsp3) is 0.200. The van der Waals surface area contributed by atoms with Crippen LogP contribution in [0.4, 0.5) is 17.1 Å². The standard InChI is InChI=1S/C15H18N2/c1-11(2)12-5-3-7-14(9-12)17-15-8-4-6-13(16)10-15/h3-11,17H,16H2,1-2H3. The molecule has 2 aromatic rings. The Bertz CT molecular complexity index is 504. The lowest BCUT2D eigenvalue weighted by Crippen LogP contribution is -1.94. The van der Waals surface area contributed by atoms with Gasteiger partial charge in [0.2, 0.25) is 0 Å². The second-order valence-corrected chi connectivity index (χ2v) is 4.53. The highest BCUT2D eigenvalue weighted by Gasteiger charge is 2.00. The monoisotopic (exact) mass is 226 g/mol. The first-order valence-electron chi connectivity index (χ1n) is 5.87. The predicted molar refractivity (Wildman–Crippen MR) is 74.7 cm³/mol. The number of anilines is 3. The fourth-order valence-electron chi connectivity index (χ4n) is 1.76. The molecule has 88 valence electrons. The molecule has 0 aliphatic heterocycles. The summed E-state index contributed by atoms with van der Waals surface area (Å²) in [6.45, 7) is 4.39. The third-order valence-electron chi connectivity index (χ3n) is 2.73. The van der Waals surface area contributed by atoms with E-state index in [1.165, 1.54) is 5.56 Å². The lowest BCUT2D eigenvalue weighted by Gasteiger charge is -2.10. The van der Waals surface area contributed by atoms with Crippen LogP contribution in [0.2, 0.25) is 0 Å². The zero-order valence-electron chi connectivity index (χ0n) is 10.3. The number of nitrogens with two attached hydrogens (primary N) is 1. The van der Waals surface area contributed by atoms with Crippen molar-refractivity contribution in [1.82, 2.24) is 0 Å². The van der Waals surface area contributed by atoms with Crippen molar-refractivity contribution >= 4 is 17.1 Å². The van der Waals surface area contributed by atoms with Crippen molar-refractivity contribution in [3.8, 4) is 0 Å². The van der Waals surface area contributed by atoms with Crippen LogP contribution in [0, 0.1) is 0 Å². The molecule has 0 saturated heterocycles. The summed E-state index contributed by atoms with van der Waals surface area (Å²) in [4.78, 5) is 0. The molecule has 2 nitrogen and oxygen atoms in total. The molecule has 0 spiro atoms. The Labute approximate surface area is 102 Å². The van der Waals surface area contributed by atoms with Gasteiger partial charge in [0.1, 0.15) is 0 Å². The average Bonchev–Trinajstić information content (AvgIpc) is 2.29. The summed E-state index contributed by atoms with van der Waals surface area (Å²) in [5, 5.41) is 3.36. The van der Waals surface area contributed by atoms with Crippen LogP contribution in [0.1, 0.15) is 25.3 Å².